The lowest BCUT2D eigenvalue weighted by Gasteiger charge is -2.38. The van der Waals surface area contributed by atoms with Gasteiger partial charge in [-0.3, -0.25) is 9.59 Å². The molecule has 2 heterocycles. The maximum absolute atomic E-state index is 13.0. The first-order valence-corrected chi connectivity index (χ1v) is 24.2. The Morgan fingerprint density at radius 2 is 1.40 bits per heavy atom. The third-order valence-corrected chi connectivity index (χ3v) is 13.5. The predicted molar refractivity (Wildman–Crippen MR) is 251 cm³/mol. The predicted octanol–water partition coefficient (Wildman–Crippen LogP) is 13.1. The quantitative estimate of drug-likeness (QED) is 0.0345. The fourth-order valence-electron chi connectivity index (χ4n) is 9.39. The van der Waals surface area contributed by atoms with Crippen LogP contribution in [0.2, 0.25) is 0 Å². The summed E-state index contributed by atoms with van der Waals surface area (Å²) in [6, 6.07) is 10.5. The normalized spacial score (nSPS) is 16.1. The fourth-order valence-corrected chi connectivity index (χ4v) is 9.39. The number of esters is 1. The molecule has 4 rings (SSSR count). The molecule has 2 aromatic carbocycles. The summed E-state index contributed by atoms with van der Waals surface area (Å²) >= 11 is 0. The molecular weight excluding hydrogens is 743 g/mol. The Morgan fingerprint density at radius 3 is 2.08 bits per heavy atom. The van der Waals surface area contributed by atoms with E-state index in [-0.39, 0.29) is 30.3 Å². The second kappa shape index (κ2) is 24.7. The lowest BCUT2D eigenvalue weighted by molar-refractivity contribution is -0.677. The van der Waals surface area contributed by atoms with Crippen molar-refractivity contribution in [2.75, 3.05) is 12.3 Å². The van der Waals surface area contributed by atoms with Crippen LogP contribution in [0.3, 0.4) is 0 Å². The number of ether oxygens (including phenoxy) is 2. The summed E-state index contributed by atoms with van der Waals surface area (Å²) in [5.41, 5.74) is 13.5. The van der Waals surface area contributed by atoms with Gasteiger partial charge < -0.3 is 20.5 Å². The highest BCUT2D eigenvalue weighted by molar-refractivity contribution is 5.87. The first-order valence-electron chi connectivity index (χ1n) is 24.2. The van der Waals surface area contributed by atoms with E-state index in [0.29, 0.717) is 12.3 Å². The van der Waals surface area contributed by atoms with Crippen LogP contribution in [0.15, 0.2) is 30.3 Å². The van der Waals surface area contributed by atoms with Crippen LogP contribution in [0.1, 0.15) is 191 Å². The zero-order chi connectivity index (χ0) is 43.7. The maximum atomic E-state index is 13.0. The molecule has 0 saturated heterocycles. The van der Waals surface area contributed by atoms with Crippen LogP contribution in [0.4, 0.5) is 5.69 Å². The van der Waals surface area contributed by atoms with Gasteiger partial charge in [0.2, 0.25) is 11.4 Å². The number of amides is 1. The number of hydrogen-bond acceptors (Lipinski definition) is 5. The zero-order valence-corrected chi connectivity index (χ0v) is 39.5. The summed E-state index contributed by atoms with van der Waals surface area (Å²) in [5, 5.41) is 4.14. The zero-order valence-electron chi connectivity index (χ0n) is 39.5. The van der Waals surface area contributed by atoms with Crippen LogP contribution in [0, 0.1) is 45.4 Å². The lowest BCUT2D eigenvalue weighted by atomic mass is 9.83. The van der Waals surface area contributed by atoms with Gasteiger partial charge in [0.05, 0.1) is 17.5 Å². The van der Waals surface area contributed by atoms with Crippen LogP contribution in [0.25, 0.3) is 10.9 Å². The number of pyridine rings is 1. The molecule has 3 unspecified atom stereocenters. The highest BCUT2D eigenvalue weighted by Gasteiger charge is 2.35. The smallest absolute Gasteiger partial charge is 0.311 e. The molecule has 3 N–H and O–H groups in total. The molecule has 7 heteroatoms. The number of aryl methyl sites for hydroxylation is 2. The topological polar surface area (TPSA) is 94.5 Å². The minimum Gasteiger partial charge on any atom is -0.487 e. The van der Waals surface area contributed by atoms with Gasteiger partial charge in [-0.15, -0.1) is 0 Å². The van der Waals surface area contributed by atoms with Gasteiger partial charge >= 0.3 is 5.97 Å². The van der Waals surface area contributed by atoms with Gasteiger partial charge in [-0.1, -0.05) is 117 Å². The minimum absolute atomic E-state index is 0.0673. The Hall–Kier alpha value is -3.61. The van der Waals surface area contributed by atoms with E-state index in [1.54, 1.807) is 0 Å². The number of nitrogens with one attached hydrogen (secondary N) is 1. The Kier molecular flexibility index (Phi) is 20.2. The van der Waals surface area contributed by atoms with E-state index < -0.39 is 0 Å². The van der Waals surface area contributed by atoms with Crippen molar-refractivity contribution in [2.45, 2.75) is 209 Å². The van der Waals surface area contributed by atoms with E-state index in [1.165, 1.54) is 94.7 Å². The second-order valence-corrected chi connectivity index (χ2v) is 19.5. The van der Waals surface area contributed by atoms with E-state index in [4.69, 9.17) is 15.2 Å². The van der Waals surface area contributed by atoms with Crippen molar-refractivity contribution in [1.29, 1.82) is 0 Å². The molecule has 1 aliphatic heterocycles. The van der Waals surface area contributed by atoms with E-state index >= 15 is 0 Å². The van der Waals surface area contributed by atoms with E-state index in [0.717, 1.165) is 102 Å². The molecule has 0 bridgehead atoms. The summed E-state index contributed by atoms with van der Waals surface area (Å²) in [7, 11) is 0. The van der Waals surface area contributed by atoms with Gasteiger partial charge in [-0.05, 0) is 107 Å². The van der Waals surface area contributed by atoms with Gasteiger partial charge in [0.25, 0.3) is 0 Å². The van der Waals surface area contributed by atoms with Crippen LogP contribution in [-0.2, 0) is 22.6 Å². The summed E-state index contributed by atoms with van der Waals surface area (Å²) < 4.78 is 15.2. The van der Waals surface area contributed by atoms with Crippen LogP contribution in [-0.4, -0.2) is 24.0 Å². The average molecular weight is 827 g/mol. The third kappa shape index (κ3) is 15.4. The SMILES string of the molecule is Cc1c(C)c2c(c(C)c1OC(=O)CCC(=O)NCCCCCCCCCC[n+]1c(C)cc(N)c3ccccc31)CCC(C)(CCCC(C)CCCC(C)CCCC(C)C)O2. The van der Waals surface area contributed by atoms with Crippen molar-refractivity contribution in [3.8, 4) is 11.5 Å². The van der Waals surface area contributed by atoms with Gasteiger partial charge in [0.15, 0.2) is 5.69 Å². The second-order valence-electron chi connectivity index (χ2n) is 19.5. The van der Waals surface area contributed by atoms with Crippen LogP contribution in [0.5, 0.6) is 11.5 Å². The molecule has 3 atom stereocenters. The Labute approximate surface area is 365 Å². The fraction of sp³-hybridized carbons (Fsp3) is 0.679. The van der Waals surface area contributed by atoms with Gasteiger partial charge in [0, 0.05) is 44.0 Å². The summed E-state index contributed by atoms with van der Waals surface area (Å²) in [6.07, 6.45) is 23.1. The van der Waals surface area contributed by atoms with E-state index in [2.05, 4.69) is 82.6 Å². The highest BCUT2D eigenvalue weighted by Crippen LogP contribution is 2.45. The van der Waals surface area contributed by atoms with Gasteiger partial charge in [-0.25, -0.2) is 0 Å². The molecule has 3 aromatic rings. The summed E-state index contributed by atoms with van der Waals surface area (Å²) in [5.74, 6) is 3.58. The molecular formula is C53H84N3O4+. The van der Waals surface area contributed by atoms with E-state index in [9.17, 15) is 9.59 Å². The number of carbonyl (C=O) groups is 2. The number of nitrogens with zero attached hydrogens (tertiary/aromatic N) is 1. The van der Waals surface area contributed by atoms with Crippen LogP contribution < -0.4 is 25.1 Å². The van der Waals surface area contributed by atoms with Crippen molar-refractivity contribution in [3.05, 3.63) is 58.3 Å². The van der Waals surface area contributed by atoms with Crippen LogP contribution >= 0.6 is 0 Å². The Bertz CT molecular complexity index is 1820. The first-order chi connectivity index (χ1) is 28.7. The number of nitrogen functional groups attached to an aromatic ring is 1. The van der Waals surface area contributed by atoms with Gasteiger partial charge in [0.1, 0.15) is 23.6 Å². The molecule has 0 fully saturated rings. The van der Waals surface area contributed by atoms with E-state index in [1.807, 2.05) is 19.9 Å². The largest absolute Gasteiger partial charge is 0.487 e. The Balaban J connectivity index is 1.07. The molecule has 7 nitrogen and oxygen atoms in total. The highest BCUT2D eigenvalue weighted by atomic mass is 16.5. The minimum atomic E-state index is -0.359. The number of unbranched alkanes of at least 4 members (excludes halogenated alkanes) is 7. The van der Waals surface area contributed by atoms with Crippen molar-refractivity contribution in [2.24, 2.45) is 17.8 Å². The lowest BCUT2D eigenvalue weighted by Crippen LogP contribution is -2.38. The maximum Gasteiger partial charge on any atom is 0.311 e. The number of nitrogens with two attached hydrogens (primary N) is 1. The first kappa shape index (κ1) is 49.0. The monoisotopic (exact) mass is 827 g/mol. The molecule has 0 aliphatic carbocycles. The number of aromatic nitrogens is 1. The van der Waals surface area contributed by atoms with Crippen molar-refractivity contribution < 1.29 is 23.6 Å². The number of benzene rings is 2. The molecule has 334 valence electrons. The molecule has 1 aliphatic rings. The number of rotatable bonds is 27. The molecule has 0 saturated carbocycles. The number of carbonyl (C=O) groups excluding carboxylic acids is 2. The third-order valence-electron chi connectivity index (χ3n) is 13.5. The average Bonchev–Trinajstić information content (AvgIpc) is 3.20. The summed E-state index contributed by atoms with van der Waals surface area (Å²) in [4.78, 5) is 25.6. The molecule has 0 radical (unpaired) electrons. The number of anilines is 1. The standard InChI is InChI=1S/C53H83N3O4/c1-38(2)23-20-24-39(3)25-21-26-40(4)27-22-33-53(9)34-32-45-44(8)51(42(6)43(7)52(45)60-53)59-50(58)31-30-49(57)55-35-18-14-12-10-11-13-15-19-36-56-41(5)37-47(54)46-28-16-17-29-48(46)56/h16-17,28-29,37-40,54H,10-15,18-27,30-36H2,1-9H3,(H,55,57)/p+1. The van der Waals surface area contributed by atoms with Gasteiger partial charge in [-0.2, -0.15) is 4.57 Å². The molecule has 1 amide bonds. The number of para-hydroxylation sites is 1. The Morgan fingerprint density at radius 1 is 0.783 bits per heavy atom. The summed E-state index contributed by atoms with van der Waals surface area (Å²) in [6.45, 7) is 21.7. The van der Waals surface area contributed by atoms with Crippen molar-refractivity contribution >= 4 is 28.5 Å². The van der Waals surface area contributed by atoms with Crippen molar-refractivity contribution in [1.82, 2.24) is 5.32 Å². The number of fused-ring (bicyclic) bond motifs is 2. The number of hydrogen-bond donors (Lipinski definition) is 2. The van der Waals surface area contributed by atoms with Crippen molar-refractivity contribution in [3.63, 3.8) is 0 Å². The molecule has 60 heavy (non-hydrogen) atoms. The molecule has 1 aromatic heterocycles. The molecule has 0 spiro atoms.